The highest BCUT2D eigenvalue weighted by atomic mass is 16.6. The van der Waals surface area contributed by atoms with Gasteiger partial charge in [0.2, 0.25) is 0 Å². The second-order valence-corrected chi connectivity index (χ2v) is 7.17. The summed E-state index contributed by atoms with van der Waals surface area (Å²) in [5.41, 5.74) is -0.994. The summed E-state index contributed by atoms with van der Waals surface area (Å²) in [5, 5.41) is 10.6. The van der Waals surface area contributed by atoms with Gasteiger partial charge >= 0.3 is 6.09 Å². The van der Waals surface area contributed by atoms with Crippen LogP contribution in [0.5, 0.6) is 5.75 Å². The van der Waals surface area contributed by atoms with Crippen LogP contribution >= 0.6 is 0 Å². The lowest BCUT2D eigenvalue weighted by molar-refractivity contribution is -0.0561. The van der Waals surface area contributed by atoms with E-state index >= 15 is 0 Å². The first-order chi connectivity index (χ1) is 11.2. The first-order valence-electron chi connectivity index (χ1n) is 8.09. The summed E-state index contributed by atoms with van der Waals surface area (Å²) in [4.78, 5) is 24.4. The first kappa shape index (κ1) is 18.3. The maximum Gasteiger partial charge on any atom is 0.410 e. The lowest BCUT2D eigenvalue weighted by Crippen LogP contribution is -2.50. The zero-order chi connectivity index (χ0) is 17.8. The number of benzene rings is 1. The summed E-state index contributed by atoms with van der Waals surface area (Å²) in [6, 6.07) is 6.79. The second-order valence-electron chi connectivity index (χ2n) is 7.17. The number of hydrogen-bond donors (Lipinski definition) is 1. The van der Waals surface area contributed by atoms with E-state index in [0.29, 0.717) is 37.2 Å². The van der Waals surface area contributed by atoms with E-state index in [2.05, 4.69) is 0 Å². The van der Waals surface area contributed by atoms with Crippen molar-refractivity contribution in [3.8, 4) is 5.75 Å². The van der Waals surface area contributed by atoms with Crippen molar-refractivity contribution in [1.82, 2.24) is 4.90 Å². The molecule has 2 rings (SSSR count). The first-order valence-corrected chi connectivity index (χ1v) is 8.09. The number of carbonyl (C=O) groups excluding carboxylic acids is 2. The number of nitrogens with zero attached hydrogens (tertiary/aromatic N) is 1. The average molecular weight is 335 g/mol. The lowest BCUT2D eigenvalue weighted by Gasteiger charge is -2.38. The molecule has 6 heteroatoms. The number of piperidine rings is 1. The highest BCUT2D eigenvalue weighted by Crippen LogP contribution is 2.25. The van der Waals surface area contributed by atoms with E-state index in [-0.39, 0.29) is 12.7 Å². The lowest BCUT2D eigenvalue weighted by atomic mass is 9.92. The molecule has 1 aliphatic heterocycles. The number of amides is 1. The average Bonchev–Trinajstić information content (AvgIpc) is 2.52. The summed E-state index contributed by atoms with van der Waals surface area (Å²) in [7, 11) is 0. The molecule has 1 fully saturated rings. The summed E-state index contributed by atoms with van der Waals surface area (Å²) in [6.45, 7) is 6.44. The Kier molecular flexibility index (Phi) is 5.49. The van der Waals surface area contributed by atoms with Crippen LogP contribution in [-0.4, -0.2) is 53.3 Å². The fourth-order valence-electron chi connectivity index (χ4n) is 2.47. The third kappa shape index (κ3) is 5.23. The van der Waals surface area contributed by atoms with E-state index in [0.717, 1.165) is 6.29 Å². The van der Waals surface area contributed by atoms with E-state index in [1.165, 1.54) is 0 Å². The molecule has 0 bridgehead atoms. The predicted molar refractivity (Wildman–Crippen MR) is 89.3 cm³/mol. The Morgan fingerprint density at radius 1 is 1.33 bits per heavy atom. The number of carbonyl (C=O) groups is 2. The number of ether oxygens (including phenoxy) is 2. The standard InChI is InChI=1S/C18H25NO5/c1-17(2,3)24-16(21)19-9-7-18(22,8-10-19)13-23-15-6-4-5-14(11-15)12-20/h4-6,11-12,22H,7-10,13H2,1-3H3. The molecule has 0 aromatic heterocycles. The Morgan fingerprint density at radius 2 is 2.00 bits per heavy atom. The van der Waals surface area contributed by atoms with Crippen LogP contribution in [0.1, 0.15) is 44.0 Å². The molecule has 0 radical (unpaired) electrons. The van der Waals surface area contributed by atoms with Gasteiger partial charge in [0.15, 0.2) is 0 Å². The summed E-state index contributed by atoms with van der Waals surface area (Å²) >= 11 is 0. The van der Waals surface area contributed by atoms with Gasteiger partial charge in [-0.3, -0.25) is 4.79 Å². The third-order valence-corrected chi connectivity index (χ3v) is 3.85. The SMILES string of the molecule is CC(C)(C)OC(=O)N1CCC(O)(COc2cccc(C=O)c2)CC1. The molecule has 24 heavy (non-hydrogen) atoms. The molecule has 1 amide bonds. The molecule has 1 heterocycles. The molecule has 132 valence electrons. The minimum atomic E-state index is -0.990. The molecule has 1 aliphatic rings. The van der Waals surface area contributed by atoms with Gasteiger partial charge in [-0.1, -0.05) is 12.1 Å². The number of likely N-dealkylation sites (tertiary alicyclic amines) is 1. The fourth-order valence-corrected chi connectivity index (χ4v) is 2.47. The van der Waals surface area contributed by atoms with Gasteiger partial charge in [0.25, 0.3) is 0 Å². The third-order valence-electron chi connectivity index (χ3n) is 3.85. The van der Waals surface area contributed by atoms with Gasteiger partial charge in [-0.2, -0.15) is 0 Å². The maximum absolute atomic E-state index is 12.0. The van der Waals surface area contributed by atoms with E-state index in [1.807, 2.05) is 20.8 Å². The van der Waals surface area contributed by atoms with Crippen LogP contribution in [0.2, 0.25) is 0 Å². The quantitative estimate of drug-likeness (QED) is 0.856. The van der Waals surface area contributed by atoms with Gasteiger partial charge in [-0.05, 0) is 45.7 Å². The minimum Gasteiger partial charge on any atom is -0.491 e. The van der Waals surface area contributed by atoms with Crippen LogP contribution in [0.3, 0.4) is 0 Å². The number of hydrogen-bond acceptors (Lipinski definition) is 5. The van der Waals surface area contributed by atoms with Crippen molar-refractivity contribution in [2.45, 2.75) is 44.8 Å². The van der Waals surface area contributed by atoms with Crippen molar-refractivity contribution < 1.29 is 24.2 Å². The zero-order valence-corrected chi connectivity index (χ0v) is 14.4. The predicted octanol–water partition coefficient (Wildman–Crippen LogP) is 2.64. The smallest absolute Gasteiger partial charge is 0.410 e. The Labute approximate surface area is 142 Å². The summed E-state index contributed by atoms with van der Waals surface area (Å²) in [6.07, 6.45) is 1.23. The van der Waals surface area contributed by atoms with Crippen molar-refractivity contribution in [2.75, 3.05) is 19.7 Å². The molecule has 0 spiro atoms. The van der Waals surface area contributed by atoms with Crippen molar-refractivity contribution in [3.05, 3.63) is 29.8 Å². The molecule has 0 atom stereocenters. The van der Waals surface area contributed by atoms with Crippen LogP contribution in [0, 0.1) is 0 Å². The normalized spacial score (nSPS) is 17.2. The summed E-state index contributed by atoms with van der Waals surface area (Å²) < 4.78 is 11.0. The molecule has 6 nitrogen and oxygen atoms in total. The highest BCUT2D eigenvalue weighted by molar-refractivity contribution is 5.75. The molecular weight excluding hydrogens is 310 g/mol. The van der Waals surface area contributed by atoms with Crippen molar-refractivity contribution >= 4 is 12.4 Å². The molecular formula is C18H25NO5. The summed E-state index contributed by atoms with van der Waals surface area (Å²) in [5.74, 6) is 0.544. The maximum atomic E-state index is 12.0. The van der Waals surface area contributed by atoms with Gasteiger partial charge in [-0.25, -0.2) is 4.79 Å². The van der Waals surface area contributed by atoms with E-state index < -0.39 is 11.2 Å². The Bertz CT molecular complexity index is 585. The van der Waals surface area contributed by atoms with Crippen LogP contribution in [-0.2, 0) is 4.74 Å². The fraction of sp³-hybridized carbons (Fsp3) is 0.556. The molecule has 1 aromatic rings. The number of rotatable bonds is 4. The molecule has 0 saturated carbocycles. The second kappa shape index (κ2) is 7.21. The van der Waals surface area contributed by atoms with Gasteiger partial charge in [0.05, 0.1) is 0 Å². The molecule has 1 aromatic carbocycles. The van der Waals surface area contributed by atoms with Crippen molar-refractivity contribution in [3.63, 3.8) is 0 Å². The van der Waals surface area contributed by atoms with Crippen molar-refractivity contribution in [2.24, 2.45) is 0 Å². The zero-order valence-electron chi connectivity index (χ0n) is 14.4. The molecule has 0 aliphatic carbocycles. The van der Waals surface area contributed by atoms with Crippen LogP contribution in [0.15, 0.2) is 24.3 Å². The minimum absolute atomic E-state index is 0.122. The molecule has 1 saturated heterocycles. The van der Waals surface area contributed by atoms with Gasteiger partial charge in [0, 0.05) is 18.7 Å². The van der Waals surface area contributed by atoms with Gasteiger partial charge in [-0.15, -0.1) is 0 Å². The number of aldehydes is 1. The number of aliphatic hydroxyl groups is 1. The highest BCUT2D eigenvalue weighted by Gasteiger charge is 2.36. The topological polar surface area (TPSA) is 76.1 Å². The van der Waals surface area contributed by atoms with Crippen LogP contribution in [0.4, 0.5) is 4.79 Å². The molecule has 0 unspecified atom stereocenters. The Hall–Kier alpha value is -2.08. The van der Waals surface area contributed by atoms with E-state index in [4.69, 9.17) is 9.47 Å². The van der Waals surface area contributed by atoms with Gasteiger partial charge in [0.1, 0.15) is 29.8 Å². The molecule has 1 N–H and O–H groups in total. The largest absolute Gasteiger partial charge is 0.491 e. The Balaban J connectivity index is 1.85. The van der Waals surface area contributed by atoms with E-state index in [9.17, 15) is 14.7 Å². The van der Waals surface area contributed by atoms with Crippen LogP contribution < -0.4 is 4.74 Å². The Morgan fingerprint density at radius 3 is 2.58 bits per heavy atom. The monoisotopic (exact) mass is 335 g/mol. The van der Waals surface area contributed by atoms with Crippen LogP contribution in [0.25, 0.3) is 0 Å². The van der Waals surface area contributed by atoms with Crippen molar-refractivity contribution in [1.29, 1.82) is 0 Å². The van der Waals surface area contributed by atoms with Gasteiger partial charge < -0.3 is 19.5 Å². The van der Waals surface area contributed by atoms with E-state index in [1.54, 1.807) is 29.2 Å².